The first kappa shape index (κ1) is 73.3. The highest BCUT2D eigenvalue weighted by molar-refractivity contribution is 5.79. The van der Waals surface area contributed by atoms with Crippen molar-refractivity contribution in [1.29, 1.82) is 0 Å². The van der Waals surface area contributed by atoms with E-state index in [0.29, 0.717) is 38.5 Å². The molecule has 5 aliphatic carbocycles. The highest BCUT2D eigenvalue weighted by atomic mass is 16.8. The molecule has 10 fully saturated rings. The number of hydrogen-bond donors (Lipinski definition) is 17. The molecular weight excluding hydrogens is 1250 g/mol. The predicted molar refractivity (Wildman–Crippen MR) is 315 cm³/mol. The third kappa shape index (κ3) is 12.6. The molecule has 36 unspecified atom stereocenters. The van der Waals surface area contributed by atoms with E-state index in [4.69, 9.17) is 56.8 Å². The van der Waals surface area contributed by atoms with Crippen molar-refractivity contribution >= 4 is 5.97 Å². The second-order valence-corrected chi connectivity index (χ2v) is 31.0. The molecule has 11 rings (SSSR count). The van der Waals surface area contributed by atoms with Crippen LogP contribution in [0, 0.1) is 50.2 Å². The van der Waals surface area contributed by atoms with Gasteiger partial charge in [0.15, 0.2) is 31.5 Å². The average molecular weight is 1350 g/mol. The Kier molecular flexibility index (Phi) is 21.4. The van der Waals surface area contributed by atoms with Crippen LogP contribution in [-0.2, 0) is 61.6 Å². The Balaban J connectivity index is 0.765. The molecule has 0 bridgehead atoms. The quantitative estimate of drug-likeness (QED) is 0.0421. The molecule has 0 radical (unpaired) electrons. The molecule has 17 N–H and O–H groups in total. The summed E-state index contributed by atoms with van der Waals surface area (Å²) in [5.74, 6) is -0.601. The van der Waals surface area contributed by atoms with E-state index in [-0.39, 0.29) is 46.0 Å². The third-order valence-corrected chi connectivity index (χ3v) is 24.8. The highest BCUT2D eigenvalue weighted by Gasteiger charge is 2.70. The summed E-state index contributed by atoms with van der Waals surface area (Å²) in [6.07, 6.45) is -37.4. The lowest BCUT2D eigenvalue weighted by molar-refractivity contribution is -0.384. The van der Waals surface area contributed by atoms with Crippen molar-refractivity contribution < 1.29 is 148 Å². The topological polar surface area (TPSA) is 472 Å². The van der Waals surface area contributed by atoms with E-state index in [9.17, 15) is 86.8 Å². The molecule has 0 aromatic heterocycles. The molecule has 0 aromatic carbocycles. The van der Waals surface area contributed by atoms with E-state index >= 15 is 4.79 Å². The summed E-state index contributed by atoms with van der Waals surface area (Å²) in [6, 6.07) is 0. The van der Waals surface area contributed by atoms with Crippen molar-refractivity contribution in [1.82, 2.24) is 0 Å². The third-order valence-electron chi connectivity index (χ3n) is 24.8. The van der Waals surface area contributed by atoms with Crippen LogP contribution in [0.1, 0.15) is 120 Å². The second kappa shape index (κ2) is 27.5. The fourth-order valence-electron chi connectivity index (χ4n) is 18.8. The molecule has 30 nitrogen and oxygen atoms in total. The van der Waals surface area contributed by atoms with Crippen LogP contribution in [-0.4, -0.2) is 304 Å². The molecular formula is C64H104O30. The van der Waals surface area contributed by atoms with Crippen LogP contribution in [0.2, 0.25) is 0 Å². The number of carbonyl (C=O) groups is 1. The van der Waals surface area contributed by atoms with Crippen molar-refractivity contribution in [2.45, 2.75) is 298 Å². The largest absolute Gasteiger partial charge is 0.432 e. The zero-order chi connectivity index (χ0) is 68.4. The molecule has 4 saturated carbocycles. The minimum Gasteiger partial charge on any atom is -0.432 e. The number of aliphatic hydroxyl groups is 17. The lowest BCUT2D eigenvalue weighted by Crippen LogP contribution is -2.66. The monoisotopic (exact) mass is 1350 g/mol. The predicted octanol–water partition coefficient (Wildman–Crippen LogP) is -4.08. The van der Waals surface area contributed by atoms with Crippen LogP contribution in [0.5, 0.6) is 0 Å². The Hall–Kier alpha value is -1.91. The van der Waals surface area contributed by atoms with Gasteiger partial charge in [0.2, 0.25) is 6.29 Å². The smallest absolute Gasteiger partial charge is 0.315 e. The number of ether oxygens (including phenoxy) is 12. The first-order valence-electron chi connectivity index (χ1n) is 33.5. The molecule has 11 aliphatic rings. The summed E-state index contributed by atoms with van der Waals surface area (Å²) in [6.45, 7) is 14.4. The Morgan fingerprint density at radius 1 is 0.500 bits per heavy atom. The number of rotatable bonds is 15. The summed E-state index contributed by atoms with van der Waals surface area (Å²) in [5, 5.41) is 183. The van der Waals surface area contributed by atoms with Gasteiger partial charge in [-0.3, -0.25) is 4.79 Å². The summed E-state index contributed by atoms with van der Waals surface area (Å²) < 4.78 is 71.4. The van der Waals surface area contributed by atoms with Crippen molar-refractivity contribution in [3.8, 4) is 0 Å². The summed E-state index contributed by atoms with van der Waals surface area (Å²) in [4.78, 5) is 15.2. The standard InChI is InChI=1S/C64H104O30/c1-25-36(69)50(92-53-47(80)49(29(68)23-83-53)91-54-45(78)42(75)39(72)31(21-66)88-54)48(81)56(86-25)93-51-37(70)28(67)22-84-57(51)90-35-12-13-61(6)33(60(35,4)5)11-14-63(8)34(61)10-9-26-27-19-59(2,3)15-17-64(27,18-16-62(26,63)7)58(82)94-55-46(79)43(76)40(73)32(89-55)24-85-52-44(77)41(74)38(71)30(20-65)87-52/h9,25,27-57,65-81H,10-24H2,1-8H3. The van der Waals surface area contributed by atoms with Crippen molar-refractivity contribution in [2.24, 2.45) is 50.2 Å². The number of fused-ring (bicyclic) bond motifs is 7. The summed E-state index contributed by atoms with van der Waals surface area (Å²) >= 11 is 0. The second-order valence-electron chi connectivity index (χ2n) is 31.0. The van der Waals surface area contributed by atoms with E-state index in [2.05, 4.69) is 54.5 Å². The van der Waals surface area contributed by atoms with Gasteiger partial charge in [-0.05, 0) is 116 Å². The normalized spacial score (nSPS) is 54.2. The molecule has 94 heavy (non-hydrogen) atoms. The number of esters is 1. The van der Waals surface area contributed by atoms with E-state index < -0.39 is 221 Å². The Morgan fingerprint density at radius 3 is 1.70 bits per heavy atom. The Bertz CT molecular complexity index is 2640. The zero-order valence-electron chi connectivity index (χ0n) is 54.6. The molecule has 0 amide bonds. The van der Waals surface area contributed by atoms with Gasteiger partial charge in [0.25, 0.3) is 0 Å². The minimum absolute atomic E-state index is 0.0896. The van der Waals surface area contributed by atoms with Crippen LogP contribution in [0.15, 0.2) is 11.6 Å². The molecule has 0 aromatic rings. The van der Waals surface area contributed by atoms with Gasteiger partial charge in [0.1, 0.15) is 128 Å². The molecule has 36 atom stereocenters. The number of allylic oxidation sites excluding steroid dienone is 2. The maximum Gasteiger partial charge on any atom is 0.315 e. The molecule has 6 aliphatic heterocycles. The van der Waals surface area contributed by atoms with E-state index in [0.717, 1.165) is 25.7 Å². The Labute approximate surface area is 545 Å². The zero-order valence-corrected chi connectivity index (χ0v) is 54.6. The summed E-state index contributed by atoms with van der Waals surface area (Å²) in [7, 11) is 0. The van der Waals surface area contributed by atoms with Gasteiger partial charge < -0.3 is 144 Å². The molecule has 6 heterocycles. The molecule has 540 valence electrons. The minimum atomic E-state index is -1.90. The molecule has 0 spiro atoms. The van der Waals surface area contributed by atoms with Crippen LogP contribution in [0.25, 0.3) is 0 Å². The van der Waals surface area contributed by atoms with Crippen LogP contribution in [0.4, 0.5) is 0 Å². The first-order valence-corrected chi connectivity index (χ1v) is 33.5. The van der Waals surface area contributed by atoms with Gasteiger partial charge in [-0.15, -0.1) is 0 Å². The highest BCUT2D eigenvalue weighted by Crippen LogP contribution is 2.76. The van der Waals surface area contributed by atoms with Crippen molar-refractivity contribution in [3.05, 3.63) is 11.6 Å². The molecule has 30 heteroatoms. The number of carbonyl (C=O) groups excluding carboxylic acids is 1. The van der Waals surface area contributed by atoms with Crippen LogP contribution in [0.3, 0.4) is 0 Å². The fraction of sp³-hybridized carbons (Fsp3) is 0.953. The van der Waals surface area contributed by atoms with Gasteiger partial charge in [-0.25, -0.2) is 0 Å². The van der Waals surface area contributed by atoms with E-state index in [1.165, 1.54) is 12.5 Å². The fourth-order valence-corrected chi connectivity index (χ4v) is 18.8. The van der Waals surface area contributed by atoms with Gasteiger partial charge in [-0.2, -0.15) is 0 Å². The summed E-state index contributed by atoms with van der Waals surface area (Å²) in [5.41, 5.74) is -1.42. The van der Waals surface area contributed by atoms with Crippen LogP contribution >= 0.6 is 0 Å². The van der Waals surface area contributed by atoms with Crippen molar-refractivity contribution in [2.75, 3.05) is 33.0 Å². The van der Waals surface area contributed by atoms with Crippen molar-refractivity contribution in [3.63, 3.8) is 0 Å². The maximum absolute atomic E-state index is 15.2. The lowest BCUT2D eigenvalue weighted by atomic mass is 9.33. The first-order chi connectivity index (χ1) is 44.1. The lowest BCUT2D eigenvalue weighted by Gasteiger charge is -2.71. The van der Waals surface area contributed by atoms with Gasteiger partial charge in [0.05, 0.1) is 50.7 Å². The van der Waals surface area contributed by atoms with E-state index in [1.807, 2.05) is 0 Å². The van der Waals surface area contributed by atoms with Gasteiger partial charge in [-0.1, -0.05) is 60.1 Å². The average Bonchev–Trinajstić information content (AvgIpc) is 0.676. The maximum atomic E-state index is 15.2. The number of aliphatic hydroxyl groups excluding tert-OH is 17. The van der Waals surface area contributed by atoms with Gasteiger partial charge >= 0.3 is 5.97 Å². The Morgan fingerprint density at radius 2 is 1.04 bits per heavy atom. The number of hydrogen-bond acceptors (Lipinski definition) is 30. The van der Waals surface area contributed by atoms with Gasteiger partial charge in [0, 0.05) is 0 Å². The van der Waals surface area contributed by atoms with Crippen LogP contribution < -0.4 is 0 Å². The van der Waals surface area contributed by atoms with E-state index in [1.54, 1.807) is 0 Å². The molecule has 6 saturated heterocycles. The SMILES string of the molecule is CC1OC(OC2C(OC3CCC4(C)C(CCC5(C)C4CC=C4C6CC(C)(C)CCC6(C(=O)OC6OC(COC7OC(CO)C(O)C(O)C7O)C(O)C(O)C6O)CCC45C)C3(C)C)OCC(O)C2O)C(O)C(OC2OCC(O)C(OC3OC(CO)C(O)C(O)C3O)C2O)C1O.